The van der Waals surface area contributed by atoms with Crippen LogP contribution in [0.5, 0.6) is 5.75 Å². The molecule has 1 atom stereocenters. The van der Waals surface area contributed by atoms with Crippen LogP contribution < -0.4 is 15.4 Å². The van der Waals surface area contributed by atoms with Crippen molar-refractivity contribution in [2.24, 2.45) is 0 Å². The van der Waals surface area contributed by atoms with E-state index in [4.69, 9.17) is 9.26 Å². The Hall–Kier alpha value is -2.48. The number of nitrogens with zero attached hydrogens (tertiary/aromatic N) is 1. The van der Waals surface area contributed by atoms with Gasteiger partial charge >= 0.3 is 0 Å². The van der Waals surface area contributed by atoms with Crippen molar-refractivity contribution in [2.45, 2.75) is 44.7 Å². The van der Waals surface area contributed by atoms with Gasteiger partial charge in [0.2, 0.25) is 5.91 Å². The first-order chi connectivity index (χ1) is 12.4. The number of hydrogen-bond donors (Lipinski definition) is 2. The maximum atomic E-state index is 13.6. The summed E-state index contributed by atoms with van der Waals surface area (Å²) < 4.78 is 37.5. The third-order valence-electron chi connectivity index (χ3n) is 4.41. The van der Waals surface area contributed by atoms with Gasteiger partial charge in [-0.05, 0) is 19.1 Å². The molecule has 8 heteroatoms. The van der Waals surface area contributed by atoms with Crippen LogP contribution in [0.2, 0.25) is 0 Å². The van der Waals surface area contributed by atoms with Gasteiger partial charge in [-0.3, -0.25) is 4.79 Å². The van der Waals surface area contributed by atoms with Crippen molar-refractivity contribution in [2.75, 3.05) is 12.4 Å². The smallest absolute Gasteiger partial charge is 0.252 e. The van der Waals surface area contributed by atoms with Crippen LogP contribution in [0.1, 0.15) is 30.4 Å². The second kappa shape index (κ2) is 7.41. The number of alkyl halides is 2. The standard InChI is InChI=1S/C18H21F2N3O3/c1-11(17(24)22-12-4-3-5-13(8-12)25-2)21-10-15-14-9-18(19,20)7-6-16(14)26-23-15/h3-5,8,11,21H,6-7,9-10H2,1-2H3,(H,22,24). The number of ether oxygens (including phenoxy) is 1. The summed E-state index contributed by atoms with van der Waals surface area (Å²) in [5, 5.41) is 9.66. The minimum absolute atomic E-state index is 0.182. The number of hydrogen-bond acceptors (Lipinski definition) is 5. The lowest BCUT2D eigenvalue weighted by atomic mass is 9.93. The highest BCUT2D eigenvalue weighted by molar-refractivity contribution is 5.94. The maximum absolute atomic E-state index is 13.6. The Bertz CT molecular complexity index is 792. The third-order valence-corrected chi connectivity index (χ3v) is 4.41. The Morgan fingerprint density at radius 1 is 1.46 bits per heavy atom. The van der Waals surface area contributed by atoms with Gasteiger partial charge in [0.05, 0.1) is 13.2 Å². The third kappa shape index (κ3) is 4.19. The number of benzene rings is 1. The molecule has 26 heavy (non-hydrogen) atoms. The van der Waals surface area contributed by atoms with Crippen LogP contribution >= 0.6 is 0 Å². The Morgan fingerprint density at radius 3 is 3.04 bits per heavy atom. The number of aryl methyl sites for hydroxylation is 1. The molecule has 3 rings (SSSR count). The highest BCUT2D eigenvalue weighted by Gasteiger charge is 2.37. The summed E-state index contributed by atoms with van der Waals surface area (Å²) in [4.78, 5) is 12.3. The average Bonchev–Trinajstić information content (AvgIpc) is 3.00. The highest BCUT2D eigenvalue weighted by Crippen LogP contribution is 2.34. The number of fused-ring (bicyclic) bond motifs is 1. The Morgan fingerprint density at radius 2 is 2.27 bits per heavy atom. The molecule has 1 heterocycles. The molecule has 0 aliphatic heterocycles. The van der Waals surface area contributed by atoms with Gasteiger partial charge in [-0.2, -0.15) is 0 Å². The van der Waals surface area contributed by atoms with Crippen LogP contribution in [0.25, 0.3) is 0 Å². The number of carbonyl (C=O) groups is 1. The molecular formula is C18H21F2N3O3. The molecule has 0 spiro atoms. The van der Waals surface area contributed by atoms with Crippen molar-refractivity contribution in [3.05, 3.63) is 41.3 Å². The summed E-state index contributed by atoms with van der Waals surface area (Å²) in [7, 11) is 1.55. The highest BCUT2D eigenvalue weighted by atomic mass is 19.3. The summed E-state index contributed by atoms with van der Waals surface area (Å²) in [6, 6.07) is 6.47. The van der Waals surface area contributed by atoms with E-state index in [0.29, 0.717) is 28.5 Å². The van der Waals surface area contributed by atoms with E-state index in [9.17, 15) is 13.6 Å². The second-order valence-corrected chi connectivity index (χ2v) is 6.39. The number of amides is 1. The van der Waals surface area contributed by atoms with Crippen LogP contribution in [-0.2, 0) is 24.2 Å². The van der Waals surface area contributed by atoms with Gasteiger partial charge in [-0.1, -0.05) is 11.2 Å². The molecule has 2 aromatic rings. The number of rotatable bonds is 6. The number of halogens is 2. The first-order valence-corrected chi connectivity index (χ1v) is 8.40. The van der Waals surface area contributed by atoms with Gasteiger partial charge in [0.25, 0.3) is 5.92 Å². The first-order valence-electron chi connectivity index (χ1n) is 8.40. The van der Waals surface area contributed by atoms with Crippen molar-refractivity contribution >= 4 is 11.6 Å². The van der Waals surface area contributed by atoms with Crippen molar-refractivity contribution in [3.8, 4) is 5.75 Å². The Labute approximate surface area is 149 Å². The molecule has 1 aromatic carbocycles. The van der Waals surface area contributed by atoms with Crippen molar-refractivity contribution in [3.63, 3.8) is 0 Å². The Balaban J connectivity index is 1.58. The van der Waals surface area contributed by atoms with Gasteiger partial charge in [0, 0.05) is 43.1 Å². The van der Waals surface area contributed by atoms with Crippen LogP contribution in [0, 0.1) is 0 Å². The van der Waals surface area contributed by atoms with E-state index in [1.807, 2.05) is 0 Å². The lowest BCUT2D eigenvalue weighted by Gasteiger charge is -2.21. The molecule has 1 aromatic heterocycles. The predicted molar refractivity (Wildman–Crippen MR) is 91.4 cm³/mol. The lowest BCUT2D eigenvalue weighted by Crippen LogP contribution is -2.38. The zero-order valence-corrected chi connectivity index (χ0v) is 14.6. The van der Waals surface area contributed by atoms with E-state index in [0.717, 1.165) is 0 Å². The molecule has 1 aliphatic carbocycles. The number of carbonyl (C=O) groups excluding carboxylic acids is 1. The molecule has 0 saturated carbocycles. The van der Waals surface area contributed by atoms with Gasteiger partial charge in [-0.25, -0.2) is 8.78 Å². The fraction of sp³-hybridized carbons (Fsp3) is 0.444. The van der Waals surface area contributed by atoms with E-state index in [1.54, 1.807) is 38.3 Å². The quantitative estimate of drug-likeness (QED) is 0.823. The average molecular weight is 365 g/mol. The summed E-state index contributed by atoms with van der Waals surface area (Å²) in [5.41, 5.74) is 1.50. The van der Waals surface area contributed by atoms with Crippen LogP contribution in [0.15, 0.2) is 28.8 Å². The minimum atomic E-state index is -2.73. The van der Waals surface area contributed by atoms with E-state index >= 15 is 0 Å². The van der Waals surface area contributed by atoms with Crippen molar-refractivity contribution in [1.29, 1.82) is 0 Å². The molecule has 140 valence electrons. The van der Waals surface area contributed by atoms with Gasteiger partial charge in [0.1, 0.15) is 17.2 Å². The zero-order valence-electron chi connectivity index (χ0n) is 14.6. The summed E-state index contributed by atoms with van der Waals surface area (Å²) in [6.07, 6.45) is -0.407. The molecule has 2 N–H and O–H groups in total. The van der Waals surface area contributed by atoms with E-state index in [2.05, 4.69) is 15.8 Å². The van der Waals surface area contributed by atoms with Crippen LogP contribution in [0.3, 0.4) is 0 Å². The Kier molecular flexibility index (Phi) is 5.22. The fourth-order valence-corrected chi connectivity index (χ4v) is 2.85. The van der Waals surface area contributed by atoms with E-state index < -0.39 is 12.0 Å². The molecule has 1 amide bonds. The molecule has 0 radical (unpaired) electrons. The normalized spacial score (nSPS) is 16.6. The zero-order chi connectivity index (χ0) is 18.7. The lowest BCUT2D eigenvalue weighted by molar-refractivity contribution is -0.117. The topological polar surface area (TPSA) is 76.4 Å². The minimum Gasteiger partial charge on any atom is -0.497 e. The van der Waals surface area contributed by atoms with Crippen molar-refractivity contribution in [1.82, 2.24) is 10.5 Å². The molecule has 0 saturated heterocycles. The molecular weight excluding hydrogens is 344 g/mol. The first kappa shape index (κ1) is 18.3. The van der Waals surface area contributed by atoms with Crippen LogP contribution in [-0.4, -0.2) is 30.1 Å². The van der Waals surface area contributed by atoms with Crippen LogP contribution in [0.4, 0.5) is 14.5 Å². The monoisotopic (exact) mass is 365 g/mol. The fourth-order valence-electron chi connectivity index (χ4n) is 2.85. The van der Waals surface area contributed by atoms with Crippen molar-refractivity contribution < 1.29 is 22.8 Å². The molecule has 0 fully saturated rings. The van der Waals surface area contributed by atoms with E-state index in [1.165, 1.54) is 0 Å². The molecule has 1 unspecified atom stereocenters. The SMILES string of the molecule is COc1cccc(NC(=O)C(C)NCc2noc3c2CC(F)(F)CC3)c1. The number of nitrogens with one attached hydrogen (secondary N) is 2. The molecule has 1 aliphatic rings. The summed E-state index contributed by atoms with van der Waals surface area (Å²) in [5.74, 6) is -1.83. The maximum Gasteiger partial charge on any atom is 0.252 e. The van der Waals surface area contributed by atoms with Gasteiger partial charge < -0.3 is 19.9 Å². The molecule has 0 bridgehead atoms. The predicted octanol–water partition coefficient (Wildman–Crippen LogP) is 2.92. The van der Waals surface area contributed by atoms with Gasteiger partial charge in [0.15, 0.2) is 0 Å². The van der Waals surface area contributed by atoms with Gasteiger partial charge in [-0.15, -0.1) is 0 Å². The van der Waals surface area contributed by atoms with E-state index in [-0.39, 0.29) is 31.7 Å². The molecule has 6 nitrogen and oxygen atoms in total. The number of aromatic nitrogens is 1. The second-order valence-electron chi connectivity index (χ2n) is 6.39. The number of anilines is 1. The summed E-state index contributed by atoms with van der Waals surface area (Å²) >= 11 is 0. The summed E-state index contributed by atoms with van der Waals surface area (Å²) in [6.45, 7) is 1.87. The largest absolute Gasteiger partial charge is 0.497 e. The number of methoxy groups -OCH3 is 1.